The lowest BCUT2D eigenvalue weighted by Gasteiger charge is -2.31. The molecule has 1 saturated carbocycles. The predicted molar refractivity (Wildman–Crippen MR) is 41.0 cm³/mol. The van der Waals surface area contributed by atoms with E-state index in [0.29, 0.717) is 0 Å². The van der Waals surface area contributed by atoms with Gasteiger partial charge in [0.2, 0.25) is 5.91 Å². The maximum Gasteiger partial charge on any atom is 0.245 e. The van der Waals surface area contributed by atoms with Gasteiger partial charge in [0.1, 0.15) is 6.61 Å². The minimum Gasteiger partial charge on any atom is -0.368 e. The third kappa shape index (κ3) is 2.48. The van der Waals surface area contributed by atoms with Gasteiger partial charge in [-0.3, -0.25) is 4.79 Å². The zero-order valence-corrected chi connectivity index (χ0v) is 6.67. The van der Waals surface area contributed by atoms with E-state index < -0.39 is 0 Å². The van der Waals surface area contributed by atoms with Crippen LogP contribution in [0.4, 0.5) is 0 Å². The van der Waals surface area contributed by atoms with Crippen LogP contribution in [-0.4, -0.2) is 31.7 Å². The molecule has 1 fully saturated rings. The van der Waals surface area contributed by atoms with E-state index in [1.807, 2.05) is 0 Å². The normalized spacial score (nSPS) is 29.3. The molecule has 3 N–H and O–H groups in total. The van der Waals surface area contributed by atoms with Gasteiger partial charge in [0.15, 0.2) is 0 Å². The average molecular weight is 158 g/mol. The zero-order valence-electron chi connectivity index (χ0n) is 6.67. The van der Waals surface area contributed by atoms with Crippen LogP contribution in [0.3, 0.4) is 0 Å². The van der Waals surface area contributed by atoms with Crippen molar-refractivity contribution in [1.82, 2.24) is 5.32 Å². The quantitative estimate of drug-likeness (QED) is 0.567. The summed E-state index contributed by atoms with van der Waals surface area (Å²) in [7, 11) is 1.60. The van der Waals surface area contributed by atoms with Gasteiger partial charge < -0.3 is 15.8 Å². The number of nitrogens with one attached hydrogen (secondary N) is 1. The van der Waals surface area contributed by atoms with Gasteiger partial charge in [0.05, 0.1) is 6.10 Å². The van der Waals surface area contributed by atoms with Gasteiger partial charge in [-0.05, 0) is 12.8 Å². The van der Waals surface area contributed by atoms with Crippen LogP contribution in [0.5, 0.6) is 0 Å². The molecule has 64 valence electrons. The Morgan fingerprint density at radius 3 is 2.82 bits per heavy atom. The van der Waals surface area contributed by atoms with Gasteiger partial charge in [0.25, 0.3) is 0 Å². The van der Waals surface area contributed by atoms with E-state index in [1.165, 1.54) is 0 Å². The Bertz CT molecular complexity index is 143. The monoisotopic (exact) mass is 158 g/mol. The number of nitrogens with two attached hydrogens (primary N) is 1. The molecule has 0 aliphatic heterocycles. The molecule has 0 aromatic heterocycles. The van der Waals surface area contributed by atoms with E-state index >= 15 is 0 Å². The van der Waals surface area contributed by atoms with Crippen molar-refractivity contribution in [3.63, 3.8) is 0 Å². The van der Waals surface area contributed by atoms with Crippen LogP contribution in [0.15, 0.2) is 0 Å². The highest BCUT2D eigenvalue weighted by atomic mass is 16.5. The molecule has 0 bridgehead atoms. The maximum absolute atomic E-state index is 10.7. The topological polar surface area (TPSA) is 64.3 Å². The largest absolute Gasteiger partial charge is 0.368 e. The fraction of sp³-hybridized carbons (Fsp3) is 0.857. The fourth-order valence-electron chi connectivity index (χ4n) is 1.01. The highest BCUT2D eigenvalue weighted by molar-refractivity contribution is 5.76. The number of amides is 1. The summed E-state index contributed by atoms with van der Waals surface area (Å²) in [5, 5.41) is 2.48. The molecule has 0 spiro atoms. The molecule has 0 heterocycles. The molecule has 1 aliphatic rings. The maximum atomic E-state index is 10.7. The lowest BCUT2D eigenvalue weighted by molar-refractivity contribution is -0.129. The van der Waals surface area contributed by atoms with Crippen molar-refractivity contribution in [2.24, 2.45) is 5.73 Å². The molecule has 11 heavy (non-hydrogen) atoms. The van der Waals surface area contributed by atoms with E-state index in [4.69, 9.17) is 10.5 Å². The molecule has 1 amide bonds. The Morgan fingerprint density at radius 2 is 2.36 bits per heavy atom. The average Bonchev–Trinajstić information content (AvgIpc) is 1.95. The molecule has 0 aromatic carbocycles. The number of rotatable bonds is 3. The summed E-state index contributed by atoms with van der Waals surface area (Å²) < 4.78 is 5.21. The lowest BCUT2D eigenvalue weighted by Crippen LogP contribution is -2.43. The number of carbonyl (C=O) groups excluding carboxylic acids is 1. The lowest BCUT2D eigenvalue weighted by atomic mass is 9.90. The molecular formula is C7H14N2O2. The fourth-order valence-corrected chi connectivity index (χ4v) is 1.01. The van der Waals surface area contributed by atoms with Gasteiger partial charge >= 0.3 is 0 Å². The summed E-state index contributed by atoms with van der Waals surface area (Å²) in [5.74, 6) is -0.0783. The molecule has 0 radical (unpaired) electrons. The van der Waals surface area contributed by atoms with Crippen LogP contribution < -0.4 is 11.1 Å². The van der Waals surface area contributed by atoms with Crippen molar-refractivity contribution in [2.75, 3.05) is 13.7 Å². The van der Waals surface area contributed by atoms with Crippen molar-refractivity contribution < 1.29 is 9.53 Å². The summed E-state index contributed by atoms with van der Waals surface area (Å²) in [6.07, 6.45) is 1.98. The van der Waals surface area contributed by atoms with Crippen molar-refractivity contribution >= 4 is 5.91 Å². The first kappa shape index (κ1) is 8.49. The SMILES string of the molecule is CNC(=O)COC1CC(N)C1. The molecule has 0 aromatic rings. The van der Waals surface area contributed by atoms with Gasteiger partial charge in [-0.15, -0.1) is 0 Å². The molecular weight excluding hydrogens is 144 g/mol. The Morgan fingerprint density at radius 1 is 1.73 bits per heavy atom. The third-order valence-corrected chi connectivity index (χ3v) is 1.86. The summed E-state index contributed by atoms with van der Waals surface area (Å²) >= 11 is 0. The highest BCUT2D eigenvalue weighted by Crippen LogP contribution is 2.20. The second kappa shape index (κ2) is 3.69. The Hall–Kier alpha value is -0.610. The summed E-state index contributed by atoms with van der Waals surface area (Å²) in [6, 6.07) is 0.282. The van der Waals surface area contributed by atoms with Gasteiger partial charge in [0, 0.05) is 13.1 Å². The zero-order chi connectivity index (χ0) is 8.27. The molecule has 1 aliphatic carbocycles. The first-order valence-electron chi connectivity index (χ1n) is 3.80. The van der Waals surface area contributed by atoms with Crippen molar-refractivity contribution in [3.05, 3.63) is 0 Å². The Kier molecular flexibility index (Phi) is 2.84. The first-order valence-corrected chi connectivity index (χ1v) is 3.80. The summed E-state index contributed by atoms with van der Waals surface area (Å²) in [6.45, 7) is 0.161. The third-order valence-electron chi connectivity index (χ3n) is 1.86. The number of carbonyl (C=O) groups is 1. The van der Waals surface area contributed by atoms with Crippen LogP contribution in [-0.2, 0) is 9.53 Å². The Balaban J connectivity index is 2.00. The number of hydrogen-bond acceptors (Lipinski definition) is 3. The van der Waals surface area contributed by atoms with Crippen LogP contribution in [0.25, 0.3) is 0 Å². The number of ether oxygens (including phenoxy) is 1. The van der Waals surface area contributed by atoms with E-state index in [2.05, 4.69) is 5.32 Å². The minimum atomic E-state index is -0.0783. The van der Waals surface area contributed by atoms with Gasteiger partial charge in [-0.25, -0.2) is 0 Å². The summed E-state index contributed by atoms with van der Waals surface area (Å²) in [5.41, 5.74) is 5.53. The molecule has 0 unspecified atom stereocenters. The van der Waals surface area contributed by atoms with Crippen LogP contribution in [0, 0.1) is 0 Å². The standard InChI is InChI=1S/C7H14N2O2/c1-9-7(10)4-11-6-2-5(8)3-6/h5-6H,2-4,8H2,1H3,(H,9,10). The summed E-state index contributed by atoms with van der Waals surface area (Å²) in [4.78, 5) is 10.7. The first-order chi connectivity index (χ1) is 5.22. The molecule has 0 atom stereocenters. The second-order valence-corrected chi connectivity index (χ2v) is 2.84. The van der Waals surface area contributed by atoms with Gasteiger partial charge in [-0.2, -0.15) is 0 Å². The molecule has 0 saturated heterocycles. The molecule has 1 rings (SSSR count). The van der Waals surface area contributed by atoms with Crippen LogP contribution in [0.1, 0.15) is 12.8 Å². The van der Waals surface area contributed by atoms with Crippen molar-refractivity contribution in [1.29, 1.82) is 0 Å². The van der Waals surface area contributed by atoms with E-state index in [9.17, 15) is 4.79 Å². The smallest absolute Gasteiger partial charge is 0.245 e. The van der Waals surface area contributed by atoms with E-state index in [0.717, 1.165) is 12.8 Å². The predicted octanol–water partition coefficient (Wildman–Crippen LogP) is -0.761. The van der Waals surface area contributed by atoms with E-state index in [-0.39, 0.29) is 24.7 Å². The highest BCUT2D eigenvalue weighted by Gasteiger charge is 2.26. The Labute approximate surface area is 66.1 Å². The van der Waals surface area contributed by atoms with Crippen molar-refractivity contribution in [3.8, 4) is 0 Å². The van der Waals surface area contributed by atoms with Crippen molar-refractivity contribution in [2.45, 2.75) is 25.0 Å². The second-order valence-electron chi connectivity index (χ2n) is 2.84. The van der Waals surface area contributed by atoms with Crippen LogP contribution >= 0.6 is 0 Å². The number of hydrogen-bond donors (Lipinski definition) is 2. The van der Waals surface area contributed by atoms with Gasteiger partial charge in [-0.1, -0.05) is 0 Å². The van der Waals surface area contributed by atoms with Crippen LogP contribution in [0.2, 0.25) is 0 Å². The molecule has 4 heteroatoms. The minimum absolute atomic E-state index is 0.0783. The number of likely N-dealkylation sites (N-methyl/N-ethyl adjacent to an activating group) is 1. The van der Waals surface area contributed by atoms with E-state index in [1.54, 1.807) is 7.05 Å². The molecule has 4 nitrogen and oxygen atoms in total.